The number of para-hydroxylation sites is 2. The Bertz CT molecular complexity index is 1670. The van der Waals surface area contributed by atoms with Crippen molar-refractivity contribution in [2.75, 3.05) is 0 Å². The lowest BCUT2D eigenvalue weighted by Crippen LogP contribution is -1.94. The van der Waals surface area contributed by atoms with Crippen molar-refractivity contribution < 1.29 is 4.11 Å². The molecule has 2 aromatic heterocycles. The van der Waals surface area contributed by atoms with Crippen LogP contribution in [0.5, 0.6) is 0 Å². The highest BCUT2D eigenvalue weighted by atomic mass is 15.0. The highest BCUT2D eigenvalue weighted by Gasteiger charge is 2.14. The monoisotopic (exact) mass is 413 g/mol. The zero-order valence-corrected chi connectivity index (χ0v) is 17.4. The molecule has 0 saturated carbocycles. The summed E-state index contributed by atoms with van der Waals surface area (Å²) in [6.07, 6.45) is 1.92. The average Bonchev–Trinajstić information content (AvgIpc) is 3.22. The first-order chi connectivity index (χ1) is 17.0. The largest absolute Gasteiger partial charge is 0.309 e. The van der Waals surface area contributed by atoms with Crippen LogP contribution in [0.2, 0.25) is 0 Å². The first-order valence-electron chi connectivity index (χ1n) is 12.2. The highest BCUT2D eigenvalue weighted by molar-refractivity contribution is 6.09. The molecule has 0 unspecified atom stereocenters. The van der Waals surface area contributed by atoms with E-state index in [0.29, 0.717) is 11.1 Å². The van der Waals surface area contributed by atoms with Gasteiger partial charge in [0.2, 0.25) is 0 Å². The minimum Gasteiger partial charge on any atom is -0.309 e. The Balaban J connectivity index is 1.59. The summed E-state index contributed by atoms with van der Waals surface area (Å²) in [5.41, 5.74) is 6.85. The number of hydrogen-bond acceptors (Lipinski definition) is 1. The van der Waals surface area contributed by atoms with Gasteiger partial charge in [0.05, 0.1) is 16.7 Å². The number of nitrogens with zero attached hydrogens (tertiary/aromatic N) is 2. The number of aryl methyl sites for hydroxylation is 1. The molecule has 6 rings (SSSR count). The van der Waals surface area contributed by atoms with Gasteiger partial charge in [-0.15, -0.1) is 0 Å². The molecule has 0 amide bonds. The van der Waals surface area contributed by atoms with Crippen LogP contribution in [0, 0.1) is 6.85 Å². The molecule has 2 nitrogen and oxygen atoms in total. The molecule has 32 heavy (non-hydrogen) atoms. The fourth-order valence-electron chi connectivity index (χ4n) is 4.44. The number of hydrogen-bond donors (Lipinski definition) is 0. The molecular formula is C30H22N2. The van der Waals surface area contributed by atoms with Crippen LogP contribution in [0.4, 0.5) is 0 Å². The smallest absolute Gasteiger partial charge is 0.0723 e. The summed E-state index contributed by atoms with van der Waals surface area (Å²) in [7, 11) is 0. The van der Waals surface area contributed by atoms with Gasteiger partial charge in [-0.3, -0.25) is 4.98 Å². The third-order valence-corrected chi connectivity index (χ3v) is 5.97. The first kappa shape index (κ1) is 15.6. The summed E-state index contributed by atoms with van der Waals surface area (Å²) in [5.74, 6) is 0. The molecule has 0 aliphatic carbocycles. The second-order valence-electron chi connectivity index (χ2n) is 7.90. The Morgan fingerprint density at radius 1 is 0.656 bits per heavy atom. The van der Waals surface area contributed by atoms with Gasteiger partial charge in [0.15, 0.2) is 0 Å². The van der Waals surface area contributed by atoms with Crippen LogP contribution in [0.3, 0.4) is 0 Å². The number of fused-ring (bicyclic) bond motifs is 3. The molecule has 4 aromatic carbocycles. The van der Waals surface area contributed by atoms with Gasteiger partial charge in [0.1, 0.15) is 0 Å². The van der Waals surface area contributed by atoms with E-state index in [1.54, 1.807) is 6.07 Å². The molecule has 0 saturated heterocycles. The summed E-state index contributed by atoms with van der Waals surface area (Å²) in [4.78, 5) is 4.81. The third-order valence-electron chi connectivity index (χ3n) is 5.97. The number of rotatable bonds is 3. The van der Waals surface area contributed by atoms with Gasteiger partial charge in [-0.1, -0.05) is 78.9 Å². The Morgan fingerprint density at radius 3 is 2.22 bits per heavy atom. The van der Waals surface area contributed by atoms with Crippen LogP contribution >= 0.6 is 0 Å². The summed E-state index contributed by atoms with van der Waals surface area (Å²) in [5, 5.41) is 2.23. The summed E-state index contributed by atoms with van der Waals surface area (Å²) < 4.78 is 26.4. The highest BCUT2D eigenvalue weighted by Crippen LogP contribution is 2.35. The molecule has 152 valence electrons. The third kappa shape index (κ3) is 3.00. The minimum atomic E-state index is -2.21. The molecule has 0 fully saturated rings. The van der Waals surface area contributed by atoms with Gasteiger partial charge in [-0.25, -0.2) is 0 Å². The lowest BCUT2D eigenvalue weighted by molar-refractivity contribution is 1.17. The zero-order chi connectivity index (χ0) is 24.0. The van der Waals surface area contributed by atoms with E-state index >= 15 is 0 Å². The second kappa shape index (κ2) is 7.51. The van der Waals surface area contributed by atoms with Crippen molar-refractivity contribution in [2.45, 2.75) is 6.85 Å². The normalized spacial score (nSPS) is 13.1. The molecule has 2 heteroatoms. The average molecular weight is 414 g/mol. The Labute approximate surface area is 191 Å². The molecule has 0 spiro atoms. The molecule has 6 aromatic rings. The van der Waals surface area contributed by atoms with Crippen molar-refractivity contribution in [3.63, 3.8) is 0 Å². The standard InChI is InChI=1S/C30H22N2/c1-21-16-17-23(18-26(21)22-10-4-2-5-11-22)28-19-30-27(20-31-28)25-14-8-9-15-29(25)32(30)24-12-6-3-7-13-24/h2-20H,1H3/i1D3. The van der Waals surface area contributed by atoms with E-state index in [1.165, 1.54) is 0 Å². The molecule has 0 aliphatic rings. The van der Waals surface area contributed by atoms with Crippen molar-refractivity contribution >= 4 is 21.8 Å². The number of benzene rings is 4. The number of pyridine rings is 1. The molecule has 0 atom stereocenters. The van der Waals surface area contributed by atoms with Crippen LogP contribution < -0.4 is 0 Å². The van der Waals surface area contributed by atoms with Crippen molar-refractivity contribution in [1.29, 1.82) is 0 Å². The van der Waals surface area contributed by atoms with E-state index in [4.69, 9.17) is 9.10 Å². The van der Waals surface area contributed by atoms with Gasteiger partial charge in [0.25, 0.3) is 0 Å². The van der Waals surface area contributed by atoms with E-state index in [-0.39, 0.29) is 0 Å². The number of aromatic nitrogens is 2. The Hall–Kier alpha value is -4.17. The fraction of sp³-hybridized carbons (Fsp3) is 0.0333. The predicted octanol–water partition coefficient (Wildman–Crippen LogP) is 7.82. The van der Waals surface area contributed by atoms with Crippen molar-refractivity contribution in [3.8, 4) is 28.1 Å². The minimum absolute atomic E-state index is 0.340. The van der Waals surface area contributed by atoms with E-state index in [1.807, 2.05) is 72.9 Å². The molecule has 2 heterocycles. The van der Waals surface area contributed by atoms with Crippen LogP contribution in [0.1, 0.15) is 9.68 Å². The van der Waals surface area contributed by atoms with Gasteiger partial charge in [-0.2, -0.15) is 0 Å². The molecule has 0 radical (unpaired) electrons. The fourth-order valence-corrected chi connectivity index (χ4v) is 4.44. The Kier molecular flexibility index (Phi) is 3.66. The quantitative estimate of drug-likeness (QED) is 0.289. The topological polar surface area (TPSA) is 17.8 Å². The van der Waals surface area contributed by atoms with E-state index in [0.717, 1.165) is 44.3 Å². The maximum Gasteiger partial charge on any atom is 0.0723 e. The van der Waals surface area contributed by atoms with Crippen molar-refractivity contribution in [3.05, 3.63) is 121 Å². The van der Waals surface area contributed by atoms with Crippen LogP contribution in [-0.2, 0) is 0 Å². The van der Waals surface area contributed by atoms with Crippen LogP contribution in [0.15, 0.2) is 115 Å². The molecule has 0 aliphatic heterocycles. The van der Waals surface area contributed by atoms with Crippen LogP contribution in [0.25, 0.3) is 49.9 Å². The van der Waals surface area contributed by atoms with Crippen molar-refractivity contribution in [1.82, 2.24) is 9.55 Å². The first-order valence-corrected chi connectivity index (χ1v) is 10.7. The van der Waals surface area contributed by atoms with E-state index in [2.05, 4.69) is 41.0 Å². The van der Waals surface area contributed by atoms with Gasteiger partial charge >= 0.3 is 0 Å². The van der Waals surface area contributed by atoms with E-state index < -0.39 is 6.85 Å². The predicted molar refractivity (Wildman–Crippen MR) is 134 cm³/mol. The van der Waals surface area contributed by atoms with Gasteiger partial charge in [-0.05, 0) is 53.9 Å². The Morgan fingerprint density at radius 2 is 1.41 bits per heavy atom. The SMILES string of the molecule is [2H]C([2H])([2H])c1ccc(-c2cc3c(cn2)c2ccccc2n3-c2ccccc2)cc1-c1ccccc1. The van der Waals surface area contributed by atoms with Gasteiger partial charge < -0.3 is 4.57 Å². The maximum absolute atomic E-state index is 8.05. The van der Waals surface area contributed by atoms with Crippen molar-refractivity contribution in [2.24, 2.45) is 0 Å². The lowest BCUT2D eigenvalue weighted by atomic mass is 9.97. The summed E-state index contributed by atoms with van der Waals surface area (Å²) >= 11 is 0. The van der Waals surface area contributed by atoms with Gasteiger partial charge in [0, 0.05) is 32.3 Å². The summed E-state index contributed by atoms with van der Waals surface area (Å²) in [6.45, 7) is -2.21. The molecule has 0 bridgehead atoms. The molecular weight excluding hydrogens is 388 g/mol. The second-order valence-corrected chi connectivity index (χ2v) is 7.90. The molecule has 0 N–H and O–H groups in total. The lowest BCUT2D eigenvalue weighted by Gasteiger charge is -2.11. The zero-order valence-electron chi connectivity index (χ0n) is 20.4. The van der Waals surface area contributed by atoms with E-state index in [9.17, 15) is 0 Å². The van der Waals surface area contributed by atoms with Crippen LogP contribution in [-0.4, -0.2) is 9.55 Å². The maximum atomic E-state index is 8.05. The summed E-state index contributed by atoms with van der Waals surface area (Å²) in [6, 6.07) is 35.9.